The molecule has 1 aromatic heterocycles. The maximum Gasteiger partial charge on any atom is 0.225 e. The highest BCUT2D eigenvalue weighted by molar-refractivity contribution is 5.35. The van der Waals surface area contributed by atoms with E-state index in [-0.39, 0.29) is 12.2 Å². The van der Waals surface area contributed by atoms with Crippen molar-refractivity contribution in [3.05, 3.63) is 17.5 Å². The third-order valence-electron chi connectivity index (χ3n) is 2.89. The van der Waals surface area contributed by atoms with Gasteiger partial charge in [-0.3, -0.25) is 0 Å². The number of hydrogen-bond acceptors (Lipinski definition) is 5. The lowest BCUT2D eigenvalue weighted by molar-refractivity contribution is -0.0171. The van der Waals surface area contributed by atoms with Crippen molar-refractivity contribution in [2.75, 3.05) is 18.0 Å². The third-order valence-corrected chi connectivity index (χ3v) is 2.89. The Morgan fingerprint density at radius 3 is 2.61 bits per heavy atom. The molecule has 100 valence electrons. The molecule has 2 heterocycles. The molecular formula is C13H21N3O2. The van der Waals surface area contributed by atoms with E-state index in [0.29, 0.717) is 6.61 Å². The minimum absolute atomic E-state index is 0.0525. The van der Waals surface area contributed by atoms with Crippen molar-refractivity contribution in [3.63, 3.8) is 0 Å². The smallest absolute Gasteiger partial charge is 0.225 e. The Labute approximate surface area is 108 Å². The van der Waals surface area contributed by atoms with Crippen LogP contribution in [0.25, 0.3) is 0 Å². The quantitative estimate of drug-likeness (QED) is 0.878. The Morgan fingerprint density at radius 2 is 2.11 bits per heavy atom. The zero-order chi connectivity index (χ0) is 13.2. The molecule has 0 aromatic carbocycles. The Hall–Kier alpha value is -1.20. The van der Waals surface area contributed by atoms with Gasteiger partial charge in [-0.05, 0) is 27.2 Å². The normalized spacial score (nSPS) is 15.7. The van der Waals surface area contributed by atoms with E-state index >= 15 is 0 Å². The molecule has 0 amide bonds. The van der Waals surface area contributed by atoms with Crippen LogP contribution in [0.4, 0.5) is 5.95 Å². The first-order chi connectivity index (χ1) is 8.49. The summed E-state index contributed by atoms with van der Waals surface area (Å²) >= 11 is 0. The largest absolute Gasteiger partial charge is 0.392 e. The minimum Gasteiger partial charge on any atom is -0.392 e. The van der Waals surface area contributed by atoms with Gasteiger partial charge in [-0.25, -0.2) is 9.97 Å². The number of hydrogen-bond donors (Lipinski definition) is 1. The second kappa shape index (κ2) is 5.20. The predicted octanol–water partition coefficient (Wildman–Crippen LogP) is 1.49. The summed E-state index contributed by atoms with van der Waals surface area (Å²) in [7, 11) is 0. The summed E-state index contributed by atoms with van der Waals surface area (Å²) in [5.74, 6) is 0.742. The van der Waals surface area contributed by atoms with Crippen LogP contribution in [0.5, 0.6) is 0 Å². The second-order valence-electron chi connectivity index (χ2n) is 5.54. The fraction of sp³-hybridized carbons (Fsp3) is 0.692. The van der Waals surface area contributed by atoms with Gasteiger partial charge in [0.25, 0.3) is 0 Å². The van der Waals surface area contributed by atoms with E-state index < -0.39 is 0 Å². The average Bonchev–Trinajstić information content (AvgIpc) is 2.23. The van der Waals surface area contributed by atoms with E-state index in [1.54, 1.807) is 6.20 Å². The molecule has 5 nitrogen and oxygen atoms in total. The standard InChI is InChI=1S/C13H21N3O2/c1-13(2,3)18-9-11-10(8-17)7-14-12(15-11)16-5-4-6-16/h7,17H,4-6,8-9H2,1-3H3. The number of aromatic nitrogens is 2. The van der Waals surface area contributed by atoms with Gasteiger partial charge in [0, 0.05) is 24.8 Å². The van der Waals surface area contributed by atoms with Gasteiger partial charge in [0.2, 0.25) is 5.95 Å². The van der Waals surface area contributed by atoms with Crippen LogP contribution >= 0.6 is 0 Å². The summed E-state index contributed by atoms with van der Waals surface area (Å²) < 4.78 is 5.72. The highest BCUT2D eigenvalue weighted by Crippen LogP contribution is 2.19. The van der Waals surface area contributed by atoms with Crippen molar-refractivity contribution in [2.24, 2.45) is 0 Å². The van der Waals surface area contributed by atoms with E-state index in [0.717, 1.165) is 30.3 Å². The van der Waals surface area contributed by atoms with Gasteiger partial charge in [-0.15, -0.1) is 0 Å². The van der Waals surface area contributed by atoms with Gasteiger partial charge >= 0.3 is 0 Å². The van der Waals surface area contributed by atoms with E-state index in [2.05, 4.69) is 14.9 Å². The van der Waals surface area contributed by atoms with Crippen molar-refractivity contribution >= 4 is 5.95 Å². The molecule has 1 aliphatic heterocycles. The molecule has 0 atom stereocenters. The molecule has 1 N–H and O–H groups in total. The van der Waals surface area contributed by atoms with Crippen molar-refractivity contribution in [1.29, 1.82) is 0 Å². The topological polar surface area (TPSA) is 58.5 Å². The molecular weight excluding hydrogens is 230 g/mol. The van der Waals surface area contributed by atoms with Crippen LogP contribution in [0, 0.1) is 0 Å². The van der Waals surface area contributed by atoms with Crippen LogP contribution in [-0.2, 0) is 18.0 Å². The first kappa shape index (κ1) is 13.2. The maximum absolute atomic E-state index is 9.30. The van der Waals surface area contributed by atoms with Crippen LogP contribution in [0.2, 0.25) is 0 Å². The first-order valence-electron chi connectivity index (χ1n) is 6.34. The lowest BCUT2D eigenvalue weighted by Gasteiger charge is -2.31. The molecule has 5 heteroatoms. The number of ether oxygens (including phenoxy) is 1. The molecule has 0 spiro atoms. The molecule has 1 aliphatic rings. The monoisotopic (exact) mass is 251 g/mol. The third kappa shape index (κ3) is 3.17. The molecule has 1 aromatic rings. The van der Waals surface area contributed by atoms with Gasteiger partial charge in [-0.2, -0.15) is 0 Å². The van der Waals surface area contributed by atoms with E-state index in [9.17, 15) is 5.11 Å². The fourth-order valence-corrected chi connectivity index (χ4v) is 1.64. The van der Waals surface area contributed by atoms with Gasteiger partial charge in [0.15, 0.2) is 0 Å². The molecule has 18 heavy (non-hydrogen) atoms. The average molecular weight is 251 g/mol. The molecule has 0 aliphatic carbocycles. The van der Waals surface area contributed by atoms with E-state index in [1.807, 2.05) is 20.8 Å². The number of aliphatic hydroxyl groups is 1. The van der Waals surface area contributed by atoms with Gasteiger partial charge in [0.05, 0.1) is 24.5 Å². The number of aliphatic hydroxyl groups excluding tert-OH is 1. The Morgan fingerprint density at radius 1 is 1.39 bits per heavy atom. The predicted molar refractivity (Wildman–Crippen MR) is 69.3 cm³/mol. The highest BCUT2D eigenvalue weighted by atomic mass is 16.5. The summed E-state index contributed by atoms with van der Waals surface area (Å²) in [5.41, 5.74) is 1.31. The highest BCUT2D eigenvalue weighted by Gasteiger charge is 2.19. The van der Waals surface area contributed by atoms with Crippen molar-refractivity contribution in [2.45, 2.75) is 46.0 Å². The van der Waals surface area contributed by atoms with Gasteiger partial charge in [0.1, 0.15) is 0 Å². The van der Waals surface area contributed by atoms with Gasteiger partial charge < -0.3 is 14.7 Å². The van der Waals surface area contributed by atoms with Crippen LogP contribution in [0.1, 0.15) is 38.4 Å². The number of anilines is 1. The van der Waals surface area contributed by atoms with Crippen LogP contribution < -0.4 is 4.90 Å². The summed E-state index contributed by atoms with van der Waals surface area (Å²) in [6.45, 7) is 8.39. The number of nitrogens with zero attached hydrogens (tertiary/aromatic N) is 3. The van der Waals surface area contributed by atoms with Crippen LogP contribution in [0.15, 0.2) is 6.20 Å². The maximum atomic E-state index is 9.30. The fourth-order valence-electron chi connectivity index (χ4n) is 1.64. The van der Waals surface area contributed by atoms with Crippen molar-refractivity contribution < 1.29 is 9.84 Å². The summed E-state index contributed by atoms with van der Waals surface area (Å²) in [6, 6.07) is 0. The summed E-state index contributed by atoms with van der Waals surface area (Å²) in [6.07, 6.45) is 2.89. The lowest BCUT2D eigenvalue weighted by Crippen LogP contribution is -2.38. The second-order valence-corrected chi connectivity index (χ2v) is 5.54. The zero-order valence-electron chi connectivity index (χ0n) is 11.3. The summed E-state index contributed by atoms with van der Waals surface area (Å²) in [5, 5.41) is 9.30. The SMILES string of the molecule is CC(C)(C)OCc1nc(N2CCC2)ncc1CO. The van der Waals surface area contributed by atoms with Crippen molar-refractivity contribution in [1.82, 2.24) is 9.97 Å². The Balaban J connectivity index is 2.14. The molecule has 2 rings (SSSR count). The molecule has 0 bridgehead atoms. The molecule has 1 saturated heterocycles. The van der Waals surface area contributed by atoms with Crippen LogP contribution in [-0.4, -0.2) is 33.8 Å². The molecule has 1 fully saturated rings. The van der Waals surface area contributed by atoms with Gasteiger partial charge in [-0.1, -0.05) is 0 Å². The summed E-state index contributed by atoms with van der Waals surface area (Å²) in [4.78, 5) is 10.9. The molecule has 0 unspecified atom stereocenters. The van der Waals surface area contributed by atoms with Crippen LogP contribution in [0.3, 0.4) is 0 Å². The zero-order valence-corrected chi connectivity index (χ0v) is 11.3. The van der Waals surface area contributed by atoms with Crippen molar-refractivity contribution in [3.8, 4) is 0 Å². The lowest BCUT2D eigenvalue weighted by atomic mass is 10.2. The number of rotatable bonds is 4. The molecule has 0 radical (unpaired) electrons. The van der Waals surface area contributed by atoms with E-state index in [4.69, 9.17) is 4.74 Å². The minimum atomic E-state index is -0.214. The Bertz CT molecular complexity index is 411. The van der Waals surface area contributed by atoms with E-state index in [1.165, 1.54) is 6.42 Å². The first-order valence-corrected chi connectivity index (χ1v) is 6.34. The Kier molecular flexibility index (Phi) is 3.82. The molecule has 0 saturated carbocycles.